The number of hydrogen-bond donors (Lipinski definition) is 2. The van der Waals surface area contributed by atoms with Crippen molar-refractivity contribution in [3.8, 4) is 11.3 Å². The Balaban J connectivity index is 2.25. The van der Waals surface area contributed by atoms with Crippen LogP contribution in [0.25, 0.3) is 11.3 Å². The summed E-state index contributed by atoms with van der Waals surface area (Å²) < 4.78 is 0. The van der Waals surface area contributed by atoms with Crippen LogP contribution >= 0.6 is 20.6 Å². The lowest BCUT2D eigenvalue weighted by molar-refractivity contribution is 1.34. The number of aromatic nitrogens is 1. The molecule has 1 aromatic carbocycles. The van der Waals surface area contributed by atoms with Gasteiger partial charge in [0.25, 0.3) is 0 Å². The highest BCUT2D eigenvalue weighted by molar-refractivity contribution is 7.17. The lowest BCUT2D eigenvalue weighted by atomic mass is 10.1. The van der Waals surface area contributed by atoms with Crippen LogP contribution in [0.4, 0.5) is 10.8 Å². The molecule has 78 valence electrons. The molecule has 2 aromatic rings. The van der Waals surface area contributed by atoms with Crippen LogP contribution in [-0.4, -0.2) is 11.3 Å². The fourth-order valence-corrected chi connectivity index (χ4v) is 2.30. The monoisotopic (exact) mass is 237 g/mol. The molecule has 1 aromatic heterocycles. The molecular formula is C10H12N3PS. The molecule has 0 fully saturated rings. The van der Waals surface area contributed by atoms with Crippen molar-refractivity contribution in [2.24, 2.45) is 0 Å². The number of nitrogens with zero attached hydrogens (tertiary/aromatic N) is 1. The van der Waals surface area contributed by atoms with E-state index < -0.39 is 0 Å². The number of nitrogens with two attached hydrogens (primary N) is 1. The van der Waals surface area contributed by atoms with E-state index >= 15 is 0 Å². The Labute approximate surface area is 94.9 Å². The van der Waals surface area contributed by atoms with Crippen molar-refractivity contribution < 1.29 is 0 Å². The highest BCUT2D eigenvalue weighted by Crippen LogP contribution is 2.25. The molecule has 0 aliphatic rings. The topological polar surface area (TPSA) is 50.9 Å². The number of rotatable bonds is 3. The van der Waals surface area contributed by atoms with Crippen LogP contribution in [0.3, 0.4) is 0 Å². The van der Waals surface area contributed by atoms with Crippen LogP contribution in [0.2, 0.25) is 0 Å². The molecule has 3 N–H and O–H groups in total. The van der Waals surface area contributed by atoms with Gasteiger partial charge in [-0.15, -0.1) is 20.6 Å². The normalized spacial score (nSPS) is 10.2. The maximum atomic E-state index is 5.62. The van der Waals surface area contributed by atoms with E-state index in [1.54, 1.807) is 11.3 Å². The lowest BCUT2D eigenvalue weighted by Crippen LogP contribution is -1.92. The fourth-order valence-electron chi connectivity index (χ4n) is 1.23. The molecule has 0 aliphatic carbocycles. The molecule has 1 atom stereocenters. The summed E-state index contributed by atoms with van der Waals surface area (Å²) in [6, 6.07) is 7.73. The molecule has 0 radical (unpaired) electrons. The summed E-state index contributed by atoms with van der Waals surface area (Å²) in [7, 11) is 2.61. The predicted molar refractivity (Wildman–Crippen MR) is 70.2 cm³/mol. The first kappa shape index (κ1) is 10.4. The van der Waals surface area contributed by atoms with Gasteiger partial charge in [0.15, 0.2) is 5.13 Å². The van der Waals surface area contributed by atoms with Crippen LogP contribution in [0, 0.1) is 0 Å². The van der Waals surface area contributed by atoms with Crippen LogP contribution in [0.5, 0.6) is 0 Å². The van der Waals surface area contributed by atoms with E-state index in [0.29, 0.717) is 0 Å². The van der Waals surface area contributed by atoms with Crippen molar-refractivity contribution in [3.63, 3.8) is 0 Å². The SMILES string of the molecule is Nc1ccc(-c2csc(NCP)n2)cc1. The highest BCUT2D eigenvalue weighted by atomic mass is 32.1. The van der Waals surface area contributed by atoms with Gasteiger partial charge in [0.05, 0.1) is 5.69 Å². The van der Waals surface area contributed by atoms with E-state index in [0.717, 1.165) is 28.4 Å². The van der Waals surface area contributed by atoms with Crippen molar-refractivity contribution in [1.29, 1.82) is 0 Å². The Morgan fingerprint density at radius 2 is 2.07 bits per heavy atom. The van der Waals surface area contributed by atoms with Gasteiger partial charge in [-0.05, 0) is 12.1 Å². The number of nitrogens with one attached hydrogen (secondary N) is 1. The zero-order valence-corrected chi connectivity index (χ0v) is 10.1. The number of hydrogen-bond acceptors (Lipinski definition) is 4. The van der Waals surface area contributed by atoms with E-state index in [4.69, 9.17) is 5.73 Å². The maximum Gasteiger partial charge on any atom is 0.183 e. The van der Waals surface area contributed by atoms with Gasteiger partial charge < -0.3 is 11.1 Å². The second kappa shape index (κ2) is 4.60. The number of thiazole rings is 1. The molecule has 0 amide bonds. The standard InChI is InChI=1S/C10H12N3PS/c11-8-3-1-7(2-4-8)9-5-15-10(13-9)12-6-14/h1-5H,6,11,14H2,(H,12,13). The average molecular weight is 237 g/mol. The molecule has 0 spiro atoms. The summed E-state index contributed by atoms with van der Waals surface area (Å²) in [5.74, 6) is 0. The predicted octanol–water partition coefficient (Wildman–Crippen LogP) is 2.64. The molecule has 0 saturated heterocycles. The van der Waals surface area contributed by atoms with Crippen LogP contribution in [0.1, 0.15) is 0 Å². The first-order chi connectivity index (χ1) is 7.29. The first-order valence-electron chi connectivity index (χ1n) is 4.55. The maximum absolute atomic E-state index is 5.62. The second-order valence-corrected chi connectivity index (χ2v) is 4.31. The Hall–Kier alpha value is -1.12. The zero-order chi connectivity index (χ0) is 10.7. The Morgan fingerprint density at radius 3 is 2.73 bits per heavy atom. The molecule has 5 heteroatoms. The van der Waals surface area contributed by atoms with E-state index in [1.807, 2.05) is 29.6 Å². The second-order valence-electron chi connectivity index (χ2n) is 3.04. The average Bonchev–Trinajstić information content (AvgIpc) is 2.68. The molecule has 0 aliphatic heterocycles. The first-order valence-corrected chi connectivity index (χ1v) is 6.24. The van der Waals surface area contributed by atoms with Crippen molar-refractivity contribution in [1.82, 2.24) is 4.98 Å². The lowest BCUT2D eigenvalue weighted by Gasteiger charge is -1.97. The summed E-state index contributed by atoms with van der Waals surface area (Å²) in [4.78, 5) is 4.45. The van der Waals surface area contributed by atoms with Crippen molar-refractivity contribution in [2.45, 2.75) is 0 Å². The number of benzene rings is 1. The minimum Gasteiger partial charge on any atom is -0.399 e. The molecule has 2 rings (SSSR count). The van der Waals surface area contributed by atoms with E-state index in [-0.39, 0.29) is 0 Å². The smallest absolute Gasteiger partial charge is 0.183 e. The highest BCUT2D eigenvalue weighted by Gasteiger charge is 2.02. The Kier molecular flexibility index (Phi) is 3.19. The zero-order valence-electron chi connectivity index (χ0n) is 8.10. The van der Waals surface area contributed by atoms with Gasteiger partial charge in [-0.1, -0.05) is 12.1 Å². The van der Waals surface area contributed by atoms with Gasteiger partial charge >= 0.3 is 0 Å². The van der Waals surface area contributed by atoms with Gasteiger partial charge in [0.2, 0.25) is 0 Å². The van der Waals surface area contributed by atoms with Gasteiger partial charge in [-0.25, -0.2) is 4.98 Å². The summed E-state index contributed by atoms with van der Waals surface area (Å²) in [5.41, 5.74) is 8.48. The number of nitrogen functional groups attached to an aromatic ring is 1. The Morgan fingerprint density at radius 1 is 1.33 bits per heavy atom. The molecule has 0 bridgehead atoms. The van der Waals surface area contributed by atoms with E-state index in [9.17, 15) is 0 Å². The van der Waals surface area contributed by atoms with Crippen LogP contribution in [0.15, 0.2) is 29.6 Å². The number of anilines is 2. The third-order valence-electron chi connectivity index (χ3n) is 1.96. The van der Waals surface area contributed by atoms with Crippen LogP contribution in [-0.2, 0) is 0 Å². The van der Waals surface area contributed by atoms with Crippen molar-refractivity contribution in [3.05, 3.63) is 29.6 Å². The van der Waals surface area contributed by atoms with Crippen LogP contribution < -0.4 is 11.1 Å². The summed E-state index contributed by atoms with van der Waals surface area (Å²) in [6.07, 6.45) is 0.814. The molecule has 1 heterocycles. The van der Waals surface area contributed by atoms with Gasteiger partial charge in [-0.2, -0.15) is 0 Å². The van der Waals surface area contributed by atoms with E-state index in [1.165, 1.54) is 0 Å². The fraction of sp³-hybridized carbons (Fsp3) is 0.100. The van der Waals surface area contributed by atoms with Gasteiger partial charge in [0, 0.05) is 22.9 Å². The minimum absolute atomic E-state index is 0.775. The minimum atomic E-state index is 0.775. The summed E-state index contributed by atoms with van der Waals surface area (Å²) in [5, 5.41) is 6.13. The van der Waals surface area contributed by atoms with Crippen molar-refractivity contribution in [2.75, 3.05) is 17.3 Å². The molecular weight excluding hydrogens is 225 g/mol. The largest absolute Gasteiger partial charge is 0.399 e. The van der Waals surface area contributed by atoms with Crippen molar-refractivity contribution >= 4 is 31.4 Å². The molecule has 0 saturated carbocycles. The third-order valence-corrected chi connectivity index (χ3v) is 2.97. The van der Waals surface area contributed by atoms with Gasteiger partial charge in [-0.3, -0.25) is 0 Å². The third kappa shape index (κ3) is 2.46. The van der Waals surface area contributed by atoms with Gasteiger partial charge in [0.1, 0.15) is 0 Å². The quantitative estimate of drug-likeness (QED) is 0.637. The molecule has 15 heavy (non-hydrogen) atoms. The summed E-state index contributed by atoms with van der Waals surface area (Å²) in [6.45, 7) is 0. The Bertz CT molecular complexity index is 438. The molecule has 1 unspecified atom stereocenters. The summed E-state index contributed by atoms with van der Waals surface area (Å²) >= 11 is 1.61. The van der Waals surface area contributed by atoms with E-state index in [2.05, 4.69) is 19.5 Å². The molecule has 3 nitrogen and oxygen atoms in total.